The third-order valence-corrected chi connectivity index (χ3v) is 10.2. The van der Waals surface area contributed by atoms with Gasteiger partial charge < -0.3 is 9.47 Å². The highest BCUT2D eigenvalue weighted by Gasteiger charge is 2.40. The first-order chi connectivity index (χ1) is 25.6. The molecule has 0 saturated carbocycles. The number of aromatic nitrogens is 3. The highest BCUT2D eigenvalue weighted by atomic mass is 16.7. The molecular formula is C46H82N4O2. The molecule has 0 N–H and O–H groups in total. The molecule has 0 spiro atoms. The van der Waals surface area contributed by atoms with Crippen LogP contribution in [0.25, 0.3) is 0 Å². The van der Waals surface area contributed by atoms with Crippen LogP contribution in [0.2, 0.25) is 0 Å². The van der Waals surface area contributed by atoms with Crippen LogP contribution in [0.1, 0.15) is 193 Å². The topological polar surface area (TPSA) is 52.4 Å². The highest BCUT2D eigenvalue weighted by molar-refractivity contribution is 4.95. The summed E-state index contributed by atoms with van der Waals surface area (Å²) in [4.78, 5) is 2.10. The third kappa shape index (κ3) is 25.1. The summed E-state index contributed by atoms with van der Waals surface area (Å²) < 4.78 is 15.2. The zero-order valence-electron chi connectivity index (χ0n) is 34.6. The predicted molar refractivity (Wildman–Crippen MR) is 224 cm³/mol. The average molecular weight is 723 g/mol. The van der Waals surface area contributed by atoms with Crippen LogP contribution >= 0.6 is 0 Å². The molecule has 0 aliphatic carbocycles. The van der Waals surface area contributed by atoms with E-state index in [1.54, 1.807) is 0 Å². The zero-order chi connectivity index (χ0) is 37.2. The molecule has 0 amide bonds. The normalized spacial score (nSPS) is 16.4. The van der Waals surface area contributed by atoms with Gasteiger partial charge in [-0.2, -0.15) is 0 Å². The van der Waals surface area contributed by atoms with E-state index in [0.717, 1.165) is 50.9 Å². The number of aryl methyl sites for hydroxylation is 1. The maximum absolute atomic E-state index is 6.78. The van der Waals surface area contributed by atoms with Crippen molar-refractivity contribution in [1.82, 2.24) is 19.9 Å². The fourth-order valence-electron chi connectivity index (χ4n) is 7.03. The van der Waals surface area contributed by atoms with Gasteiger partial charge in [-0.05, 0) is 104 Å². The molecule has 2 heterocycles. The lowest BCUT2D eigenvalue weighted by atomic mass is 9.98. The minimum Gasteiger partial charge on any atom is -0.347 e. The van der Waals surface area contributed by atoms with E-state index in [1.165, 1.54) is 141 Å². The Morgan fingerprint density at radius 3 is 1.60 bits per heavy atom. The van der Waals surface area contributed by atoms with Gasteiger partial charge in [0.25, 0.3) is 0 Å². The van der Waals surface area contributed by atoms with Crippen LogP contribution in [-0.2, 0) is 22.6 Å². The van der Waals surface area contributed by atoms with E-state index < -0.39 is 5.79 Å². The maximum Gasteiger partial charge on any atom is 0.168 e. The molecule has 1 saturated heterocycles. The third-order valence-electron chi connectivity index (χ3n) is 10.2. The molecule has 1 aromatic rings. The Bertz CT molecular complexity index is 1010. The minimum absolute atomic E-state index is 0.146. The summed E-state index contributed by atoms with van der Waals surface area (Å²) >= 11 is 0. The van der Waals surface area contributed by atoms with E-state index in [2.05, 4.69) is 98.0 Å². The average Bonchev–Trinajstić information content (AvgIpc) is 3.76. The molecule has 1 aliphatic rings. The second-order valence-electron chi connectivity index (χ2n) is 15.6. The second kappa shape index (κ2) is 32.4. The highest BCUT2D eigenvalue weighted by Crippen LogP contribution is 2.36. The lowest BCUT2D eigenvalue weighted by Crippen LogP contribution is -2.31. The van der Waals surface area contributed by atoms with Gasteiger partial charge in [-0.3, -0.25) is 4.90 Å². The number of hydrogen-bond donors (Lipinski definition) is 0. The fraction of sp³-hybridized carbons (Fsp3) is 0.783. The predicted octanol–water partition coefficient (Wildman–Crippen LogP) is 13.2. The molecule has 0 aromatic carbocycles. The summed E-state index contributed by atoms with van der Waals surface area (Å²) in [5, 5.41) is 8.68. The summed E-state index contributed by atoms with van der Waals surface area (Å²) in [6, 6.07) is 0. The van der Waals surface area contributed by atoms with Gasteiger partial charge in [0, 0.05) is 19.0 Å². The molecule has 6 heteroatoms. The maximum atomic E-state index is 6.78. The van der Waals surface area contributed by atoms with Gasteiger partial charge in [0.15, 0.2) is 5.79 Å². The molecule has 1 unspecified atom stereocenters. The summed E-state index contributed by atoms with van der Waals surface area (Å²) in [5.74, 6) is -0.391. The number of unbranched alkanes of at least 4 members (excludes halogenated alkanes) is 18. The fourth-order valence-corrected chi connectivity index (χ4v) is 7.03. The summed E-state index contributed by atoms with van der Waals surface area (Å²) in [6.07, 6.45) is 55.5. The monoisotopic (exact) mass is 723 g/mol. The van der Waals surface area contributed by atoms with Crippen molar-refractivity contribution in [2.24, 2.45) is 0 Å². The Morgan fingerprint density at radius 1 is 0.654 bits per heavy atom. The second-order valence-corrected chi connectivity index (χ2v) is 15.6. The molecule has 2 rings (SSSR count). The first-order valence-electron chi connectivity index (χ1n) is 22.0. The standard InChI is InChI=1S/C46H82N4O2/c1-5-7-9-11-13-15-17-19-21-23-25-27-29-31-33-35-39-46(51-42-45(52-46)38-37-44-41-50(48-47-44)43-49(3)4)40-36-34-32-30-28-26-24-22-20-18-16-14-12-10-8-6-2/h13-16,19-22,41,45H,5-12,17-18,23-40,42-43H2,1-4H3/b15-13-,16-14-,21-19-,22-20-. The van der Waals surface area contributed by atoms with Crippen molar-refractivity contribution in [3.63, 3.8) is 0 Å². The number of rotatable bonds is 35. The molecule has 0 bridgehead atoms. The van der Waals surface area contributed by atoms with Crippen molar-refractivity contribution in [1.29, 1.82) is 0 Å². The largest absolute Gasteiger partial charge is 0.347 e. The SMILES string of the molecule is CCCCC/C=C\C/C=C\CCCCCCCCC1(CCCCCCCC/C=C\C/C=C\CCCCC)OCC(CCc2cn(CN(C)C)nn2)O1. The van der Waals surface area contributed by atoms with E-state index in [0.29, 0.717) is 6.61 Å². The number of nitrogens with zero attached hydrogens (tertiary/aromatic N) is 4. The molecule has 1 atom stereocenters. The molecule has 0 radical (unpaired) electrons. The van der Waals surface area contributed by atoms with Crippen molar-refractivity contribution in [3.05, 3.63) is 60.5 Å². The van der Waals surface area contributed by atoms with Gasteiger partial charge in [0.1, 0.15) is 0 Å². The van der Waals surface area contributed by atoms with Gasteiger partial charge in [0.2, 0.25) is 0 Å². The number of allylic oxidation sites excluding steroid dienone is 8. The smallest absolute Gasteiger partial charge is 0.168 e. The molecular weight excluding hydrogens is 641 g/mol. The lowest BCUT2D eigenvalue weighted by Gasteiger charge is -2.28. The quantitative estimate of drug-likeness (QED) is 0.0516. The number of hydrogen-bond acceptors (Lipinski definition) is 5. The summed E-state index contributed by atoms with van der Waals surface area (Å²) in [7, 11) is 4.10. The van der Waals surface area contributed by atoms with E-state index in [4.69, 9.17) is 9.47 Å². The van der Waals surface area contributed by atoms with Crippen LogP contribution in [0.3, 0.4) is 0 Å². The van der Waals surface area contributed by atoms with Gasteiger partial charge in [0.05, 0.1) is 25.1 Å². The Kier molecular flexibility index (Phi) is 28.8. The molecule has 1 fully saturated rings. The molecule has 1 aliphatic heterocycles. The van der Waals surface area contributed by atoms with Crippen LogP contribution in [0.15, 0.2) is 54.8 Å². The Balaban J connectivity index is 1.64. The molecule has 52 heavy (non-hydrogen) atoms. The van der Waals surface area contributed by atoms with Gasteiger partial charge in [-0.25, -0.2) is 4.68 Å². The number of ether oxygens (including phenoxy) is 2. The van der Waals surface area contributed by atoms with E-state index in [1.807, 2.05) is 4.68 Å². The summed E-state index contributed by atoms with van der Waals surface area (Å²) in [6.45, 7) is 5.99. The van der Waals surface area contributed by atoms with Crippen LogP contribution in [0.5, 0.6) is 0 Å². The van der Waals surface area contributed by atoms with Crippen molar-refractivity contribution in [2.75, 3.05) is 20.7 Å². The van der Waals surface area contributed by atoms with E-state index >= 15 is 0 Å². The Labute approximate surface area is 322 Å². The van der Waals surface area contributed by atoms with Crippen molar-refractivity contribution in [2.45, 2.75) is 212 Å². The zero-order valence-corrected chi connectivity index (χ0v) is 34.6. The van der Waals surface area contributed by atoms with Crippen molar-refractivity contribution < 1.29 is 9.47 Å². The van der Waals surface area contributed by atoms with E-state index in [-0.39, 0.29) is 6.10 Å². The first-order valence-corrected chi connectivity index (χ1v) is 22.0. The van der Waals surface area contributed by atoms with Crippen LogP contribution in [0.4, 0.5) is 0 Å². The first kappa shape index (κ1) is 46.1. The molecule has 298 valence electrons. The van der Waals surface area contributed by atoms with Gasteiger partial charge >= 0.3 is 0 Å². The molecule has 1 aromatic heterocycles. The van der Waals surface area contributed by atoms with Crippen LogP contribution in [0, 0.1) is 0 Å². The lowest BCUT2D eigenvalue weighted by molar-refractivity contribution is -0.179. The Hall–Kier alpha value is -2.02. The van der Waals surface area contributed by atoms with Gasteiger partial charge in [-0.1, -0.05) is 145 Å². The van der Waals surface area contributed by atoms with E-state index in [9.17, 15) is 0 Å². The van der Waals surface area contributed by atoms with Gasteiger partial charge in [-0.15, -0.1) is 5.10 Å². The Morgan fingerprint density at radius 2 is 1.12 bits per heavy atom. The van der Waals surface area contributed by atoms with Crippen LogP contribution in [-0.4, -0.2) is 52.5 Å². The molecule has 6 nitrogen and oxygen atoms in total. The van der Waals surface area contributed by atoms with Crippen molar-refractivity contribution in [3.8, 4) is 0 Å². The van der Waals surface area contributed by atoms with Crippen molar-refractivity contribution >= 4 is 0 Å². The summed E-state index contributed by atoms with van der Waals surface area (Å²) in [5.41, 5.74) is 1.04. The minimum atomic E-state index is -0.391. The van der Waals surface area contributed by atoms with Crippen LogP contribution < -0.4 is 0 Å².